The van der Waals surface area contributed by atoms with E-state index in [1.807, 2.05) is 12.1 Å². The van der Waals surface area contributed by atoms with Crippen molar-refractivity contribution in [3.63, 3.8) is 0 Å². The van der Waals surface area contributed by atoms with Crippen LogP contribution >= 0.6 is 0 Å². The first kappa shape index (κ1) is 17.4. The summed E-state index contributed by atoms with van der Waals surface area (Å²) in [4.78, 5) is 2.38. The number of nitrogens with zero attached hydrogens (tertiary/aromatic N) is 1. The second-order valence-electron chi connectivity index (χ2n) is 6.57. The summed E-state index contributed by atoms with van der Waals surface area (Å²) in [5.41, 5.74) is 3.50. The summed E-state index contributed by atoms with van der Waals surface area (Å²) in [6.45, 7) is 6.82. The lowest BCUT2D eigenvalue weighted by Crippen LogP contribution is -2.31. The van der Waals surface area contributed by atoms with Crippen LogP contribution in [-0.2, 0) is 6.54 Å². The molecule has 0 fully saturated rings. The van der Waals surface area contributed by atoms with Crippen LogP contribution in [0.15, 0.2) is 42.5 Å². The minimum Gasteiger partial charge on any atom is -0.504 e. The van der Waals surface area contributed by atoms with Gasteiger partial charge in [-0.2, -0.15) is 0 Å². The molecule has 3 rings (SSSR count). The van der Waals surface area contributed by atoms with Crippen LogP contribution in [0.1, 0.15) is 23.6 Å². The third-order valence-corrected chi connectivity index (χ3v) is 4.33. The summed E-state index contributed by atoms with van der Waals surface area (Å²) in [5.74, 6) is 1.64. The molecule has 25 heavy (non-hydrogen) atoms. The molecule has 0 saturated carbocycles. The van der Waals surface area contributed by atoms with Gasteiger partial charge >= 0.3 is 0 Å². The van der Waals surface area contributed by atoms with Gasteiger partial charge in [-0.05, 0) is 37.6 Å². The Bertz CT molecular complexity index is 770. The Morgan fingerprint density at radius 1 is 1.28 bits per heavy atom. The number of methoxy groups -OCH3 is 1. The van der Waals surface area contributed by atoms with Crippen molar-refractivity contribution in [3.8, 4) is 17.2 Å². The molecular weight excluding hydrogens is 314 g/mol. The fraction of sp³-hybridized carbons (Fsp3) is 0.333. The van der Waals surface area contributed by atoms with Gasteiger partial charge in [0.1, 0.15) is 11.9 Å². The van der Waals surface area contributed by atoms with E-state index in [9.17, 15) is 5.11 Å². The normalized spacial score (nSPS) is 17.8. The second kappa shape index (κ2) is 7.62. The smallest absolute Gasteiger partial charge is 0.161 e. The molecule has 0 radical (unpaired) electrons. The van der Waals surface area contributed by atoms with Crippen LogP contribution in [-0.4, -0.2) is 36.3 Å². The summed E-state index contributed by atoms with van der Waals surface area (Å²) in [6, 6.07) is 11.7. The fourth-order valence-electron chi connectivity index (χ4n) is 3.14. The third kappa shape index (κ3) is 4.34. The number of rotatable bonds is 4. The number of ether oxygens (including phenoxy) is 2. The number of hydrogen-bond donors (Lipinski definition) is 1. The Labute approximate surface area is 149 Å². The topological polar surface area (TPSA) is 41.9 Å². The zero-order valence-corrected chi connectivity index (χ0v) is 15.0. The Balaban J connectivity index is 1.70. The summed E-state index contributed by atoms with van der Waals surface area (Å²) in [6.07, 6.45) is 4.35. The maximum atomic E-state index is 9.67. The van der Waals surface area contributed by atoms with E-state index in [1.54, 1.807) is 13.2 Å². The Hall–Kier alpha value is -2.46. The first-order chi connectivity index (χ1) is 12.0. The summed E-state index contributed by atoms with van der Waals surface area (Å²) >= 11 is 0. The number of aryl methyl sites for hydroxylation is 1. The molecule has 4 heteroatoms. The van der Waals surface area contributed by atoms with Gasteiger partial charge in [0, 0.05) is 25.2 Å². The van der Waals surface area contributed by atoms with Crippen molar-refractivity contribution in [2.24, 2.45) is 0 Å². The van der Waals surface area contributed by atoms with E-state index >= 15 is 0 Å². The van der Waals surface area contributed by atoms with Crippen molar-refractivity contribution in [2.45, 2.75) is 26.5 Å². The lowest BCUT2D eigenvalue weighted by Gasteiger charge is -2.20. The maximum absolute atomic E-state index is 9.67. The van der Waals surface area contributed by atoms with E-state index in [1.165, 1.54) is 11.1 Å². The van der Waals surface area contributed by atoms with Crippen LogP contribution in [0.3, 0.4) is 0 Å². The average Bonchev–Trinajstić information content (AvgIpc) is 2.73. The highest BCUT2D eigenvalue weighted by Gasteiger charge is 2.19. The van der Waals surface area contributed by atoms with Gasteiger partial charge in [0.25, 0.3) is 0 Å². The van der Waals surface area contributed by atoms with Crippen molar-refractivity contribution in [1.82, 2.24) is 4.90 Å². The molecule has 2 aromatic carbocycles. The van der Waals surface area contributed by atoms with E-state index in [4.69, 9.17) is 9.47 Å². The monoisotopic (exact) mass is 339 g/mol. The first-order valence-corrected chi connectivity index (χ1v) is 8.57. The van der Waals surface area contributed by atoms with Crippen molar-refractivity contribution in [3.05, 3.63) is 59.2 Å². The summed E-state index contributed by atoms with van der Waals surface area (Å²) in [5, 5.41) is 9.67. The van der Waals surface area contributed by atoms with Gasteiger partial charge in [0.15, 0.2) is 11.5 Å². The van der Waals surface area contributed by atoms with Crippen molar-refractivity contribution in [1.29, 1.82) is 0 Å². The minimum atomic E-state index is 0.158. The highest BCUT2D eigenvalue weighted by molar-refractivity contribution is 5.55. The lowest BCUT2D eigenvalue weighted by atomic mass is 10.1. The van der Waals surface area contributed by atoms with Gasteiger partial charge in [0.2, 0.25) is 0 Å². The zero-order chi connectivity index (χ0) is 17.8. The van der Waals surface area contributed by atoms with Gasteiger partial charge < -0.3 is 14.6 Å². The molecule has 1 aliphatic heterocycles. The SMILES string of the molecule is COc1cc(C=CCN2Cc3cc(C)ccc3OC(C)C2)ccc1O. The largest absolute Gasteiger partial charge is 0.504 e. The summed E-state index contributed by atoms with van der Waals surface area (Å²) < 4.78 is 11.2. The van der Waals surface area contributed by atoms with Crippen molar-refractivity contribution < 1.29 is 14.6 Å². The predicted octanol–water partition coefficient (Wildman–Crippen LogP) is 4.01. The van der Waals surface area contributed by atoms with E-state index in [2.05, 4.69) is 49.1 Å². The number of benzene rings is 2. The standard InChI is InChI=1S/C21H25NO3/c1-15-6-9-20-18(11-15)14-22(13-16(2)25-20)10-4-5-17-7-8-19(23)21(12-17)24-3/h4-9,11-12,16,23H,10,13-14H2,1-3H3. The Morgan fingerprint density at radius 3 is 2.92 bits per heavy atom. The molecule has 1 atom stereocenters. The second-order valence-corrected chi connectivity index (χ2v) is 6.57. The Kier molecular flexibility index (Phi) is 5.29. The molecule has 0 aromatic heterocycles. The minimum absolute atomic E-state index is 0.158. The molecular formula is C21H25NO3. The van der Waals surface area contributed by atoms with Crippen LogP contribution in [0, 0.1) is 6.92 Å². The zero-order valence-electron chi connectivity index (χ0n) is 15.0. The van der Waals surface area contributed by atoms with Crippen molar-refractivity contribution >= 4 is 6.08 Å². The fourth-order valence-corrected chi connectivity index (χ4v) is 3.14. The molecule has 1 aliphatic rings. The third-order valence-electron chi connectivity index (χ3n) is 4.33. The van der Waals surface area contributed by atoms with Crippen LogP contribution in [0.4, 0.5) is 0 Å². The van der Waals surface area contributed by atoms with Gasteiger partial charge in [-0.3, -0.25) is 4.90 Å². The van der Waals surface area contributed by atoms with E-state index < -0.39 is 0 Å². The van der Waals surface area contributed by atoms with Crippen LogP contribution in [0.25, 0.3) is 6.08 Å². The van der Waals surface area contributed by atoms with E-state index in [0.717, 1.165) is 30.9 Å². The number of hydrogen-bond acceptors (Lipinski definition) is 4. The molecule has 0 spiro atoms. The highest BCUT2D eigenvalue weighted by Crippen LogP contribution is 2.27. The first-order valence-electron chi connectivity index (χ1n) is 8.57. The molecule has 132 valence electrons. The van der Waals surface area contributed by atoms with Crippen LogP contribution < -0.4 is 9.47 Å². The maximum Gasteiger partial charge on any atom is 0.161 e. The molecule has 0 bridgehead atoms. The van der Waals surface area contributed by atoms with E-state index in [-0.39, 0.29) is 11.9 Å². The quantitative estimate of drug-likeness (QED) is 0.914. The molecule has 1 unspecified atom stereocenters. The van der Waals surface area contributed by atoms with Crippen LogP contribution in [0.2, 0.25) is 0 Å². The van der Waals surface area contributed by atoms with E-state index in [0.29, 0.717) is 5.75 Å². The number of aromatic hydroxyl groups is 1. The van der Waals surface area contributed by atoms with Gasteiger partial charge in [-0.1, -0.05) is 35.9 Å². The highest BCUT2D eigenvalue weighted by atomic mass is 16.5. The molecule has 1 N–H and O–H groups in total. The average molecular weight is 339 g/mol. The molecule has 0 aliphatic carbocycles. The van der Waals surface area contributed by atoms with Gasteiger partial charge in [-0.15, -0.1) is 0 Å². The number of phenols is 1. The number of fused-ring (bicyclic) bond motifs is 1. The predicted molar refractivity (Wildman–Crippen MR) is 100 cm³/mol. The summed E-state index contributed by atoms with van der Waals surface area (Å²) in [7, 11) is 1.56. The molecule has 1 heterocycles. The van der Waals surface area contributed by atoms with Crippen LogP contribution in [0.5, 0.6) is 17.2 Å². The lowest BCUT2D eigenvalue weighted by molar-refractivity contribution is 0.170. The number of phenolic OH excluding ortho intramolecular Hbond substituents is 1. The van der Waals surface area contributed by atoms with Gasteiger partial charge in [0.05, 0.1) is 7.11 Å². The molecule has 2 aromatic rings. The van der Waals surface area contributed by atoms with Crippen molar-refractivity contribution in [2.75, 3.05) is 20.2 Å². The Morgan fingerprint density at radius 2 is 2.12 bits per heavy atom. The van der Waals surface area contributed by atoms with Gasteiger partial charge in [-0.25, -0.2) is 0 Å². The molecule has 0 saturated heterocycles. The molecule has 4 nitrogen and oxygen atoms in total. The molecule has 0 amide bonds.